The first-order valence-electron chi connectivity index (χ1n) is 9.32. The summed E-state index contributed by atoms with van der Waals surface area (Å²) >= 11 is 6.09. The number of carbonyl (C=O) groups excluding carboxylic acids is 1. The number of hydrogen-bond acceptors (Lipinski definition) is 5. The maximum atomic E-state index is 13.5. The molecule has 2 aliphatic rings. The molecule has 2 aromatic rings. The van der Waals surface area contributed by atoms with E-state index in [1.807, 2.05) is 0 Å². The zero-order chi connectivity index (χ0) is 20.7. The van der Waals surface area contributed by atoms with Gasteiger partial charge < -0.3 is 9.64 Å². The zero-order valence-electron chi connectivity index (χ0n) is 15.7. The van der Waals surface area contributed by atoms with Crippen molar-refractivity contribution in [3.8, 4) is 5.88 Å². The van der Waals surface area contributed by atoms with Crippen LogP contribution in [0.4, 0.5) is 8.78 Å². The molecule has 0 saturated carbocycles. The van der Waals surface area contributed by atoms with Gasteiger partial charge in [-0.3, -0.25) is 9.36 Å². The van der Waals surface area contributed by atoms with Crippen LogP contribution in [0, 0.1) is 0 Å². The number of rotatable bonds is 4. The van der Waals surface area contributed by atoms with Crippen molar-refractivity contribution >= 4 is 17.5 Å². The second-order valence-electron chi connectivity index (χ2n) is 7.24. The Balaban J connectivity index is 1.60. The van der Waals surface area contributed by atoms with E-state index in [2.05, 4.69) is 10.1 Å². The highest BCUT2D eigenvalue weighted by Crippen LogP contribution is 2.27. The number of carbonyl (C=O) groups is 1. The Kier molecular flexibility index (Phi) is 5.28. The summed E-state index contributed by atoms with van der Waals surface area (Å²) in [6, 6.07) is 0.837. The van der Waals surface area contributed by atoms with Crippen LogP contribution in [0.15, 0.2) is 17.1 Å². The summed E-state index contributed by atoms with van der Waals surface area (Å²) in [6.45, 7) is -0.450. The summed E-state index contributed by atoms with van der Waals surface area (Å²) < 4.78 is 34.7. The molecule has 1 amide bonds. The van der Waals surface area contributed by atoms with Gasteiger partial charge in [0.05, 0.1) is 26.7 Å². The highest BCUT2D eigenvalue weighted by Gasteiger charge is 2.40. The zero-order valence-corrected chi connectivity index (χ0v) is 16.5. The van der Waals surface area contributed by atoms with Gasteiger partial charge in [-0.2, -0.15) is 5.10 Å². The van der Waals surface area contributed by atoms with E-state index in [-0.39, 0.29) is 25.5 Å². The fraction of sp³-hybridized carbons (Fsp3) is 0.556. The standard InChI is InChI=1S/C18H20ClF2N5O3/c1-29-16-11(19)5-10(6-22-16)7-25-18(28)26-14(3-2-4-15(26)23-25)17(27)24-8-12(20)13(21)9-24/h5-6,12-14H,2-4,7-9H2,1H3/t12-,13+,14-/m0/s1. The van der Waals surface area contributed by atoms with Crippen LogP contribution in [0.2, 0.25) is 5.02 Å². The van der Waals surface area contributed by atoms with E-state index in [1.54, 1.807) is 6.07 Å². The molecule has 3 atom stereocenters. The van der Waals surface area contributed by atoms with Gasteiger partial charge in [0, 0.05) is 12.6 Å². The third-order valence-corrected chi connectivity index (χ3v) is 5.57. The SMILES string of the molecule is COc1ncc(Cn2nc3n(c2=O)[C@H](C(=O)N2C[C@@H](F)[C@@H](F)C2)CCC3)cc1Cl. The van der Waals surface area contributed by atoms with E-state index in [0.29, 0.717) is 35.7 Å². The van der Waals surface area contributed by atoms with Gasteiger partial charge in [-0.15, -0.1) is 0 Å². The number of aromatic nitrogens is 4. The molecule has 2 aliphatic heterocycles. The number of nitrogens with zero attached hydrogens (tertiary/aromatic N) is 5. The van der Waals surface area contributed by atoms with Gasteiger partial charge in [0.2, 0.25) is 11.8 Å². The lowest BCUT2D eigenvalue weighted by Gasteiger charge is -2.26. The van der Waals surface area contributed by atoms with Gasteiger partial charge in [0.1, 0.15) is 16.9 Å². The Morgan fingerprint density at radius 1 is 1.34 bits per heavy atom. The number of halogens is 3. The minimum absolute atomic E-state index is 0.124. The van der Waals surface area contributed by atoms with E-state index >= 15 is 0 Å². The largest absolute Gasteiger partial charge is 0.480 e. The number of ether oxygens (including phenoxy) is 1. The number of alkyl halides is 2. The van der Waals surface area contributed by atoms with E-state index in [4.69, 9.17) is 16.3 Å². The van der Waals surface area contributed by atoms with Gasteiger partial charge >= 0.3 is 5.69 Å². The van der Waals surface area contributed by atoms with Crippen molar-refractivity contribution in [3.63, 3.8) is 0 Å². The number of pyridine rings is 1. The molecule has 8 nitrogen and oxygen atoms in total. The lowest BCUT2D eigenvalue weighted by atomic mass is 10.0. The number of aryl methyl sites for hydroxylation is 1. The van der Waals surface area contributed by atoms with Crippen LogP contribution >= 0.6 is 11.6 Å². The topological polar surface area (TPSA) is 82.2 Å². The van der Waals surface area contributed by atoms with Crippen LogP contribution in [-0.2, 0) is 17.8 Å². The molecule has 0 N–H and O–H groups in total. The molecule has 0 radical (unpaired) electrons. The molecular formula is C18H20ClF2N5O3. The van der Waals surface area contributed by atoms with Crippen LogP contribution in [0.1, 0.15) is 30.3 Å². The Morgan fingerprint density at radius 2 is 2.07 bits per heavy atom. The van der Waals surface area contributed by atoms with E-state index in [1.165, 1.54) is 22.6 Å². The molecular weight excluding hydrogens is 408 g/mol. The molecule has 0 bridgehead atoms. The van der Waals surface area contributed by atoms with Crippen molar-refractivity contribution in [2.45, 2.75) is 44.2 Å². The summed E-state index contributed by atoms with van der Waals surface area (Å²) in [7, 11) is 1.45. The average molecular weight is 428 g/mol. The third kappa shape index (κ3) is 3.61. The smallest absolute Gasteiger partial charge is 0.346 e. The third-order valence-electron chi connectivity index (χ3n) is 5.30. The second-order valence-corrected chi connectivity index (χ2v) is 7.65. The number of likely N-dealkylation sites (tertiary alicyclic amines) is 1. The van der Waals surface area contributed by atoms with Crippen LogP contribution in [0.25, 0.3) is 0 Å². The van der Waals surface area contributed by atoms with Crippen molar-refractivity contribution in [2.75, 3.05) is 20.2 Å². The van der Waals surface area contributed by atoms with Crippen LogP contribution in [0.5, 0.6) is 5.88 Å². The van der Waals surface area contributed by atoms with Crippen molar-refractivity contribution in [1.82, 2.24) is 24.2 Å². The highest BCUT2D eigenvalue weighted by molar-refractivity contribution is 6.31. The normalized spacial score (nSPS) is 23.9. The first-order valence-corrected chi connectivity index (χ1v) is 9.70. The molecule has 4 rings (SSSR count). The summed E-state index contributed by atoms with van der Waals surface area (Å²) in [5.41, 5.74) is 0.203. The highest BCUT2D eigenvalue weighted by atomic mass is 35.5. The summed E-state index contributed by atoms with van der Waals surface area (Å²) in [4.78, 5) is 31.0. The minimum atomic E-state index is -1.69. The molecule has 0 aliphatic carbocycles. The number of fused-ring (bicyclic) bond motifs is 1. The molecule has 11 heteroatoms. The molecule has 0 unspecified atom stereocenters. The molecule has 1 fully saturated rings. The molecule has 156 valence electrons. The molecule has 0 spiro atoms. The van der Waals surface area contributed by atoms with Crippen LogP contribution in [0.3, 0.4) is 0 Å². The Bertz CT molecular complexity index is 984. The van der Waals surface area contributed by atoms with E-state index in [0.717, 1.165) is 4.90 Å². The van der Waals surface area contributed by atoms with Crippen molar-refractivity contribution < 1.29 is 18.3 Å². The summed E-state index contributed by atoms with van der Waals surface area (Å²) in [5.74, 6) is 0.324. The Hall–Kier alpha value is -2.49. The molecule has 4 heterocycles. The first-order chi connectivity index (χ1) is 13.9. The van der Waals surface area contributed by atoms with Gasteiger partial charge in [-0.05, 0) is 24.5 Å². The summed E-state index contributed by atoms with van der Waals surface area (Å²) in [5, 5.41) is 4.66. The number of amides is 1. The maximum absolute atomic E-state index is 13.5. The predicted molar refractivity (Wildman–Crippen MR) is 99.7 cm³/mol. The Morgan fingerprint density at radius 3 is 2.72 bits per heavy atom. The fourth-order valence-corrected chi connectivity index (χ4v) is 4.12. The quantitative estimate of drug-likeness (QED) is 0.739. The minimum Gasteiger partial charge on any atom is -0.480 e. The van der Waals surface area contributed by atoms with Gasteiger partial charge in [-0.1, -0.05) is 11.6 Å². The van der Waals surface area contributed by atoms with Crippen molar-refractivity contribution in [2.24, 2.45) is 0 Å². The van der Waals surface area contributed by atoms with Gasteiger partial charge in [0.25, 0.3) is 0 Å². The molecule has 29 heavy (non-hydrogen) atoms. The Labute approximate surface area is 170 Å². The lowest BCUT2D eigenvalue weighted by molar-refractivity contribution is -0.134. The molecule has 2 aromatic heterocycles. The summed E-state index contributed by atoms with van der Waals surface area (Å²) in [6.07, 6.45) is -0.203. The predicted octanol–water partition coefficient (Wildman–Crippen LogP) is 1.55. The van der Waals surface area contributed by atoms with Gasteiger partial charge in [-0.25, -0.2) is 23.2 Å². The van der Waals surface area contributed by atoms with Gasteiger partial charge in [0.15, 0.2) is 12.3 Å². The van der Waals surface area contributed by atoms with Crippen LogP contribution < -0.4 is 10.4 Å². The van der Waals surface area contributed by atoms with E-state index < -0.39 is 30.0 Å². The molecule has 1 saturated heterocycles. The van der Waals surface area contributed by atoms with Crippen LogP contribution in [-0.4, -0.2) is 62.7 Å². The average Bonchev–Trinajstić information content (AvgIpc) is 3.20. The fourth-order valence-electron chi connectivity index (χ4n) is 3.86. The van der Waals surface area contributed by atoms with Crippen molar-refractivity contribution in [1.29, 1.82) is 0 Å². The second kappa shape index (κ2) is 7.74. The van der Waals surface area contributed by atoms with Crippen molar-refractivity contribution in [3.05, 3.63) is 39.2 Å². The first kappa shape index (κ1) is 19.8. The van der Waals surface area contributed by atoms with E-state index in [9.17, 15) is 18.4 Å². The lowest BCUT2D eigenvalue weighted by Crippen LogP contribution is -2.42. The maximum Gasteiger partial charge on any atom is 0.346 e. The monoisotopic (exact) mass is 427 g/mol. The number of methoxy groups -OCH3 is 1. The number of hydrogen-bond donors (Lipinski definition) is 0. The molecule has 0 aromatic carbocycles.